The number of guanidine groups is 2. The molecule has 3 unspecified atom stereocenters. The van der Waals surface area contributed by atoms with E-state index >= 15 is 0 Å². The predicted molar refractivity (Wildman–Crippen MR) is 293 cm³/mol. The lowest BCUT2D eigenvalue weighted by molar-refractivity contribution is -0.137. The third-order valence-corrected chi connectivity index (χ3v) is 17.5. The molecule has 18 heteroatoms. The van der Waals surface area contributed by atoms with Crippen LogP contribution in [0, 0.1) is 0 Å². The Morgan fingerprint density at radius 2 is 1.18 bits per heavy atom. The summed E-state index contributed by atoms with van der Waals surface area (Å²) in [6.07, 6.45) is 3.38. The predicted octanol–water partition coefficient (Wildman–Crippen LogP) is 7.44. The van der Waals surface area contributed by atoms with Crippen molar-refractivity contribution in [3.8, 4) is 17.2 Å². The average molecular weight is 1070 g/mol. The molecule has 4 amide bonds. The molecular weight excluding hydrogens is 993 g/mol. The highest BCUT2D eigenvalue weighted by Gasteiger charge is 2.55. The van der Waals surface area contributed by atoms with Crippen LogP contribution in [-0.2, 0) is 25.5 Å². The van der Waals surface area contributed by atoms with Gasteiger partial charge in [0.1, 0.15) is 34.9 Å². The van der Waals surface area contributed by atoms with E-state index in [2.05, 4.69) is 10.6 Å². The number of carbonyl (C=O) groups excluding carboxylic acids is 4. The van der Waals surface area contributed by atoms with Crippen molar-refractivity contribution in [3.05, 3.63) is 124 Å². The summed E-state index contributed by atoms with van der Waals surface area (Å²) in [5.74, 6) is 0.707. The third-order valence-electron chi connectivity index (χ3n) is 17.5. The molecule has 5 heterocycles. The molecule has 4 aromatic rings. The third kappa shape index (κ3) is 9.63. The number of methoxy groups -OCH3 is 1. The molecule has 8 atom stereocenters. The normalized spacial score (nSPS) is 28.2. The quantitative estimate of drug-likeness (QED) is 0.0649. The van der Waals surface area contributed by atoms with Gasteiger partial charge in [0, 0.05) is 54.2 Å². The van der Waals surface area contributed by atoms with Crippen LogP contribution in [0.3, 0.4) is 0 Å². The number of aliphatic hydroxyl groups is 1. The summed E-state index contributed by atoms with van der Waals surface area (Å²) in [4.78, 5) is 69.9. The molecule has 0 bridgehead atoms. The maximum absolute atomic E-state index is 14.5. The maximum atomic E-state index is 14.5. The van der Waals surface area contributed by atoms with Gasteiger partial charge in [-0.15, -0.1) is 0 Å². The molecule has 7 N–H and O–H groups in total. The maximum Gasteiger partial charge on any atom is 0.251 e. The number of hydrogen-bond acceptors (Lipinski definition) is 14. The van der Waals surface area contributed by atoms with E-state index in [9.17, 15) is 24.3 Å². The molecule has 5 aliphatic heterocycles. The number of nitrogens with zero attached hydrogens (tertiary/aromatic N) is 4. The van der Waals surface area contributed by atoms with E-state index in [0.717, 1.165) is 16.7 Å². The van der Waals surface area contributed by atoms with Crippen LogP contribution < -0.4 is 36.3 Å². The molecule has 0 saturated heterocycles. The zero-order valence-corrected chi connectivity index (χ0v) is 46.0. The summed E-state index contributed by atoms with van der Waals surface area (Å²) in [5, 5.41) is 17.3. The largest absolute Gasteiger partial charge is 0.487 e. The Morgan fingerprint density at radius 1 is 0.679 bits per heavy atom. The molecule has 0 fully saturated rings. The monoisotopic (exact) mass is 1070 g/mol. The molecule has 78 heavy (non-hydrogen) atoms. The lowest BCUT2D eigenvalue weighted by Crippen LogP contribution is -2.58. The molecule has 0 saturated carbocycles. The second-order valence-corrected chi connectivity index (χ2v) is 22.8. The summed E-state index contributed by atoms with van der Waals surface area (Å²) < 4.78 is 32.2. The molecule has 0 spiro atoms. The van der Waals surface area contributed by atoms with Crippen LogP contribution >= 0.6 is 0 Å². The number of para-hydroxylation sites is 1. The summed E-state index contributed by atoms with van der Waals surface area (Å²) in [5.41, 5.74) is 13.8. The average Bonchev–Trinajstić information content (AvgIpc) is 4.23. The van der Waals surface area contributed by atoms with E-state index in [-0.39, 0.29) is 68.2 Å². The first-order valence-corrected chi connectivity index (χ1v) is 27.5. The van der Waals surface area contributed by atoms with Crippen molar-refractivity contribution in [1.29, 1.82) is 0 Å². The van der Waals surface area contributed by atoms with Crippen LogP contribution in [0.2, 0.25) is 0 Å². The fraction of sp³-hybridized carbons (Fsp3) is 0.500. The number of ether oxygens (including phenoxy) is 5. The first-order chi connectivity index (χ1) is 37.2. The summed E-state index contributed by atoms with van der Waals surface area (Å²) in [6.45, 7) is 14.1. The van der Waals surface area contributed by atoms with Gasteiger partial charge in [-0.2, -0.15) is 0 Å². The Morgan fingerprint density at radius 3 is 1.72 bits per heavy atom. The van der Waals surface area contributed by atoms with Crippen molar-refractivity contribution in [2.45, 2.75) is 164 Å². The molecule has 0 aromatic heterocycles. The van der Waals surface area contributed by atoms with Gasteiger partial charge in [0.15, 0.2) is 23.1 Å². The second kappa shape index (κ2) is 20.7. The number of hydrogen-bond donors (Lipinski definition) is 5. The Hall–Kier alpha value is -7.02. The molecular formula is C60H74N8O10. The SMILES string of the molecule is CCC1(CC)CC(=O)N([C@H]2c3cc(C(=O)N[C@H]4CC(C)(CCOCC5(C)Oc6ccc(C(=O)N[C@@H]7c8ccccc8C[C@H]7O)cc6[C@@H]5N5C(=O)CC(CC)(CC)N=C5N)Oc5ccccc54)ccc3OC2(C)COC)C(N)=N1. The fourth-order valence-corrected chi connectivity index (χ4v) is 12.9. The van der Waals surface area contributed by atoms with E-state index in [0.29, 0.717) is 84.4 Å². The molecule has 1 aliphatic carbocycles. The van der Waals surface area contributed by atoms with Crippen molar-refractivity contribution < 1.29 is 48.0 Å². The van der Waals surface area contributed by atoms with Gasteiger partial charge in [-0.05, 0) is 100 Å². The van der Waals surface area contributed by atoms with Crippen LogP contribution in [0.1, 0.15) is 173 Å². The zero-order chi connectivity index (χ0) is 55.5. The van der Waals surface area contributed by atoms with Crippen molar-refractivity contribution in [1.82, 2.24) is 20.4 Å². The lowest BCUT2D eigenvalue weighted by atomic mass is 9.85. The van der Waals surface area contributed by atoms with Crippen molar-refractivity contribution in [3.63, 3.8) is 0 Å². The van der Waals surface area contributed by atoms with Crippen molar-refractivity contribution >= 4 is 35.5 Å². The summed E-state index contributed by atoms with van der Waals surface area (Å²) in [6, 6.07) is 23.1. The number of aliphatic imine (C=N–C) groups is 2. The van der Waals surface area contributed by atoms with Crippen LogP contribution in [0.15, 0.2) is 94.9 Å². The van der Waals surface area contributed by atoms with Gasteiger partial charge in [-0.1, -0.05) is 70.2 Å². The highest BCUT2D eigenvalue weighted by molar-refractivity contribution is 6.01. The number of carbonyl (C=O) groups is 4. The molecule has 0 radical (unpaired) electrons. The second-order valence-electron chi connectivity index (χ2n) is 22.8. The Balaban J connectivity index is 0.867. The fourth-order valence-electron chi connectivity index (χ4n) is 12.9. The number of nitrogens with two attached hydrogens (primary N) is 2. The number of amides is 4. The number of rotatable bonds is 17. The van der Waals surface area contributed by atoms with Crippen LogP contribution in [0.5, 0.6) is 17.2 Å². The Bertz CT molecular complexity index is 3080. The van der Waals surface area contributed by atoms with E-state index in [1.807, 2.05) is 97.0 Å². The van der Waals surface area contributed by atoms with Gasteiger partial charge >= 0.3 is 0 Å². The number of fused-ring (bicyclic) bond motifs is 4. The smallest absolute Gasteiger partial charge is 0.251 e. The molecule has 18 nitrogen and oxygen atoms in total. The van der Waals surface area contributed by atoms with Gasteiger partial charge in [0.05, 0.1) is 61.9 Å². The first kappa shape index (κ1) is 54.3. The standard InChI is InChI=1S/C60H74N8O10/c1-9-59(10-2)31-47(70)67(54(61)65-59)50-40-27-36(21-23-45(40)77-57(50,6)33-74-8)52(72)63-42-30-56(5,76-44-20-16-15-19-39(42)44)25-26-75-34-58(7)51(68-48(71)32-60(11-3,12-4)66-55(68)62)41-28-37(22-24-46(41)78-58)53(73)64-49-38-18-14-13-17-35(38)29-43(49)69/h13-24,27-28,42-43,49-51,69H,9-12,25-26,29-34H2,1-8H3,(H2,61,65)(H2,62,66)(H,63,72)(H,64,73)/t42-,43+,49+,50-,51-,56?,57?,58?/m0/s1. The molecule has 6 aliphatic rings. The number of aliphatic hydroxyl groups excluding tert-OH is 1. The lowest BCUT2D eigenvalue weighted by Gasteiger charge is -2.43. The van der Waals surface area contributed by atoms with Crippen molar-refractivity contribution in [2.24, 2.45) is 21.5 Å². The molecule has 4 aromatic carbocycles. The van der Waals surface area contributed by atoms with E-state index in [1.54, 1.807) is 43.5 Å². The van der Waals surface area contributed by atoms with Crippen LogP contribution in [0.4, 0.5) is 0 Å². The number of benzene rings is 4. The Kier molecular flexibility index (Phi) is 14.4. The van der Waals surface area contributed by atoms with E-state index in [4.69, 9.17) is 45.1 Å². The van der Waals surface area contributed by atoms with Gasteiger partial charge in [-0.25, -0.2) is 9.98 Å². The first-order valence-electron chi connectivity index (χ1n) is 27.5. The van der Waals surface area contributed by atoms with Gasteiger partial charge in [0.25, 0.3) is 11.8 Å². The number of nitrogens with one attached hydrogen (secondary N) is 2. The highest BCUT2D eigenvalue weighted by Crippen LogP contribution is 2.51. The minimum Gasteiger partial charge on any atom is -0.487 e. The highest BCUT2D eigenvalue weighted by atomic mass is 16.6. The zero-order valence-electron chi connectivity index (χ0n) is 46.0. The molecule has 10 rings (SSSR count). The summed E-state index contributed by atoms with van der Waals surface area (Å²) in [7, 11) is 1.57. The van der Waals surface area contributed by atoms with E-state index in [1.165, 1.54) is 9.80 Å². The van der Waals surface area contributed by atoms with Gasteiger partial charge in [0.2, 0.25) is 11.8 Å². The Labute approximate surface area is 456 Å². The topological polar surface area (TPSA) is 242 Å². The van der Waals surface area contributed by atoms with Crippen LogP contribution in [-0.4, -0.2) is 111 Å². The van der Waals surface area contributed by atoms with Crippen LogP contribution in [0.25, 0.3) is 0 Å². The van der Waals surface area contributed by atoms with Gasteiger partial charge < -0.3 is 50.9 Å². The molecule has 414 valence electrons. The minimum atomic E-state index is -1.19. The van der Waals surface area contributed by atoms with E-state index < -0.39 is 58.2 Å². The minimum absolute atomic E-state index is 0.0145. The summed E-state index contributed by atoms with van der Waals surface area (Å²) >= 11 is 0. The van der Waals surface area contributed by atoms with Gasteiger partial charge in [-0.3, -0.25) is 29.0 Å². The van der Waals surface area contributed by atoms with Crippen molar-refractivity contribution in [2.75, 3.05) is 26.9 Å².